The van der Waals surface area contributed by atoms with Crippen molar-refractivity contribution in [2.24, 2.45) is 11.8 Å². The first-order chi connectivity index (χ1) is 6.10. The van der Waals surface area contributed by atoms with Crippen LogP contribution in [0.3, 0.4) is 0 Å². The quantitative estimate of drug-likeness (QED) is 0.607. The molecule has 2 rings (SSSR count). The van der Waals surface area contributed by atoms with Gasteiger partial charge in [-0.15, -0.1) is 0 Å². The van der Waals surface area contributed by atoms with E-state index in [4.69, 9.17) is 0 Å². The van der Waals surface area contributed by atoms with E-state index in [9.17, 15) is 10.0 Å². The van der Waals surface area contributed by atoms with Gasteiger partial charge in [0, 0.05) is 5.31 Å². The lowest BCUT2D eigenvalue weighted by atomic mass is 9.47. The molecule has 0 saturated heterocycles. The van der Waals surface area contributed by atoms with Crippen LogP contribution in [-0.4, -0.2) is 17.2 Å². The van der Waals surface area contributed by atoms with E-state index in [1.165, 1.54) is 25.7 Å². The molecule has 2 N–H and O–H groups in total. The molecule has 3 heteroatoms. The van der Waals surface area contributed by atoms with Crippen molar-refractivity contribution in [1.29, 1.82) is 0 Å². The lowest BCUT2D eigenvalue weighted by molar-refractivity contribution is 0.133. The first-order valence-corrected chi connectivity index (χ1v) is 5.46. The van der Waals surface area contributed by atoms with Gasteiger partial charge in [0.05, 0.1) is 0 Å². The fraction of sp³-hybridized carbons (Fsp3) is 1.00. The van der Waals surface area contributed by atoms with Crippen LogP contribution in [0.15, 0.2) is 0 Å². The third-order valence-electron chi connectivity index (χ3n) is 4.02. The van der Waals surface area contributed by atoms with Gasteiger partial charge in [0.2, 0.25) is 0 Å². The maximum Gasteiger partial charge on any atom is 0.457 e. The van der Waals surface area contributed by atoms with Crippen molar-refractivity contribution in [3.63, 3.8) is 0 Å². The Morgan fingerprint density at radius 1 is 1.15 bits per heavy atom. The van der Waals surface area contributed by atoms with Crippen molar-refractivity contribution in [2.75, 3.05) is 0 Å². The monoisotopic (exact) mass is 182 g/mol. The molecule has 2 aliphatic rings. The molecule has 2 saturated carbocycles. The molecule has 2 atom stereocenters. The first-order valence-electron chi connectivity index (χ1n) is 5.46. The Kier molecular flexibility index (Phi) is 2.41. The average molecular weight is 182 g/mol. The number of fused-ring (bicyclic) bond motifs is 2. The molecule has 2 aliphatic carbocycles. The van der Waals surface area contributed by atoms with E-state index in [-0.39, 0.29) is 5.31 Å². The number of hydrogen-bond acceptors (Lipinski definition) is 2. The van der Waals surface area contributed by atoms with Crippen molar-refractivity contribution in [1.82, 2.24) is 0 Å². The summed E-state index contributed by atoms with van der Waals surface area (Å²) in [6.07, 6.45) is 7.33. The average Bonchev–Trinajstić information content (AvgIpc) is 2.02. The summed E-state index contributed by atoms with van der Waals surface area (Å²) in [6, 6.07) is 0. The van der Waals surface area contributed by atoms with Crippen LogP contribution in [0.1, 0.15) is 45.4 Å². The summed E-state index contributed by atoms with van der Waals surface area (Å²) in [5.74, 6) is 1.53. The minimum absolute atomic E-state index is 0.214. The second kappa shape index (κ2) is 3.28. The fourth-order valence-corrected chi connectivity index (χ4v) is 3.39. The molecule has 0 aromatic rings. The van der Waals surface area contributed by atoms with Gasteiger partial charge >= 0.3 is 7.12 Å². The molecule has 0 aromatic heterocycles. The second-order valence-corrected chi connectivity index (χ2v) is 5.33. The van der Waals surface area contributed by atoms with E-state index in [1.54, 1.807) is 0 Å². The minimum atomic E-state index is -1.11. The lowest BCUT2D eigenvalue weighted by Gasteiger charge is -2.45. The number of rotatable bonds is 1. The summed E-state index contributed by atoms with van der Waals surface area (Å²) in [5, 5.41) is 18.5. The van der Waals surface area contributed by atoms with Crippen LogP contribution in [0.4, 0.5) is 0 Å². The molecule has 13 heavy (non-hydrogen) atoms. The largest absolute Gasteiger partial charge is 0.457 e. The zero-order valence-corrected chi connectivity index (χ0v) is 8.37. The molecule has 74 valence electrons. The third-order valence-corrected chi connectivity index (χ3v) is 4.02. The first kappa shape index (κ1) is 9.54. The minimum Gasteiger partial charge on any atom is -0.427 e. The van der Waals surface area contributed by atoms with E-state index in [0.717, 1.165) is 24.7 Å². The Bertz CT molecular complexity index is 181. The van der Waals surface area contributed by atoms with Crippen molar-refractivity contribution in [3.05, 3.63) is 0 Å². The predicted octanol–water partition coefficient (Wildman–Crippen LogP) is 1.82. The smallest absolute Gasteiger partial charge is 0.427 e. The SMILES string of the molecule is CC1(B(O)O)CC2CCCC(C2)C1. The molecule has 0 heterocycles. The summed E-state index contributed by atoms with van der Waals surface area (Å²) >= 11 is 0. The zero-order valence-electron chi connectivity index (χ0n) is 8.37. The van der Waals surface area contributed by atoms with Crippen molar-refractivity contribution < 1.29 is 10.0 Å². The van der Waals surface area contributed by atoms with Gasteiger partial charge in [-0.05, 0) is 31.1 Å². The molecular weight excluding hydrogens is 163 g/mol. The van der Waals surface area contributed by atoms with Crippen molar-refractivity contribution in [3.8, 4) is 0 Å². The Morgan fingerprint density at radius 3 is 2.15 bits per heavy atom. The van der Waals surface area contributed by atoms with E-state index in [1.807, 2.05) is 6.92 Å². The van der Waals surface area contributed by atoms with Crippen LogP contribution in [0.25, 0.3) is 0 Å². The number of hydrogen-bond donors (Lipinski definition) is 2. The molecule has 0 spiro atoms. The van der Waals surface area contributed by atoms with Gasteiger partial charge in [0.25, 0.3) is 0 Å². The fourth-order valence-electron chi connectivity index (χ4n) is 3.39. The van der Waals surface area contributed by atoms with Crippen LogP contribution in [0, 0.1) is 11.8 Å². The van der Waals surface area contributed by atoms with Crippen LogP contribution in [0.2, 0.25) is 5.31 Å². The topological polar surface area (TPSA) is 40.5 Å². The van der Waals surface area contributed by atoms with Crippen molar-refractivity contribution in [2.45, 2.75) is 50.8 Å². The Morgan fingerprint density at radius 2 is 1.69 bits per heavy atom. The maximum atomic E-state index is 9.35. The summed E-state index contributed by atoms with van der Waals surface area (Å²) in [6.45, 7) is 2.03. The molecule has 0 radical (unpaired) electrons. The molecule has 2 nitrogen and oxygen atoms in total. The molecule has 2 unspecified atom stereocenters. The summed E-state index contributed by atoms with van der Waals surface area (Å²) in [5.41, 5.74) is 0. The highest BCUT2D eigenvalue weighted by Gasteiger charge is 2.45. The van der Waals surface area contributed by atoms with E-state index in [2.05, 4.69) is 0 Å². The van der Waals surface area contributed by atoms with Crippen LogP contribution in [-0.2, 0) is 0 Å². The summed E-state index contributed by atoms with van der Waals surface area (Å²) < 4.78 is 0. The summed E-state index contributed by atoms with van der Waals surface area (Å²) in [4.78, 5) is 0. The van der Waals surface area contributed by atoms with E-state index >= 15 is 0 Å². The van der Waals surface area contributed by atoms with Gasteiger partial charge in [-0.1, -0.05) is 26.2 Å². The Hall–Kier alpha value is -0.0151. The summed E-state index contributed by atoms with van der Waals surface area (Å²) in [7, 11) is -1.11. The van der Waals surface area contributed by atoms with Gasteiger partial charge in [0.15, 0.2) is 0 Å². The second-order valence-electron chi connectivity index (χ2n) is 5.33. The Labute approximate surface area is 80.5 Å². The molecule has 0 aliphatic heterocycles. The van der Waals surface area contributed by atoms with Crippen LogP contribution in [0.5, 0.6) is 0 Å². The van der Waals surface area contributed by atoms with Gasteiger partial charge < -0.3 is 10.0 Å². The highest BCUT2D eigenvalue weighted by Crippen LogP contribution is 2.53. The third kappa shape index (κ3) is 1.77. The molecule has 0 aromatic carbocycles. The van der Waals surface area contributed by atoms with Gasteiger partial charge in [-0.25, -0.2) is 0 Å². The highest BCUT2D eigenvalue weighted by atomic mass is 16.4. The highest BCUT2D eigenvalue weighted by molar-refractivity contribution is 6.45. The zero-order chi connectivity index (χ0) is 9.47. The lowest BCUT2D eigenvalue weighted by Crippen LogP contribution is -2.39. The maximum absolute atomic E-state index is 9.35. The van der Waals surface area contributed by atoms with E-state index < -0.39 is 7.12 Å². The van der Waals surface area contributed by atoms with E-state index in [0.29, 0.717) is 0 Å². The normalized spacial score (nSPS) is 44.5. The van der Waals surface area contributed by atoms with Gasteiger partial charge in [0.1, 0.15) is 0 Å². The molecule has 2 fully saturated rings. The van der Waals surface area contributed by atoms with Crippen molar-refractivity contribution >= 4 is 7.12 Å². The standard InChI is InChI=1S/C10H19BO2/c1-10(11(12)13)6-8-3-2-4-9(5-8)7-10/h8-9,12-13H,2-7H2,1H3. The van der Waals surface area contributed by atoms with Gasteiger partial charge in [-0.3, -0.25) is 0 Å². The Balaban J connectivity index is 2.08. The molecule has 0 amide bonds. The predicted molar refractivity (Wildman–Crippen MR) is 53.2 cm³/mol. The van der Waals surface area contributed by atoms with Gasteiger partial charge in [-0.2, -0.15) is 0 Å². The van der Waals surface area contributed by atoms with Crippen LogP contribution < -0.4 is 0 Å². The van der Waals surface area contributed by atoms with Crippen LogP contribution >= 0.6 is 0 Å². The molecule has 2 bridgehead atoms. The molecular formula is C10H19BO2.